The van der Waals surface area contributed by atoms with E-state index in [1.54, 1.807) is 6.07 Å². The smallest absolute Gasteiger partial charge is 0.744 e. The molecule has 0 saturated carbocycles. The standard InChI is InChI=1S/C20H28O3S.K/c1-3-5-7-10-16-12-9-13-18-15-19(24(21,22)23)14-17(20(16)18)11-8-6-4-2;/h9,12-15H,3-8,10-11H2,1-2H3,(H,21,22,23);/q;+1/p-1. The summed E-state index contributed by atoms with van der Waals surface area (Å²) in [5.74, 6) is 0. The molecule has 0 N–H and O–H groups in total. The van der Waals surface area contributed by atoms with Gasteiger partial charge in [0.15, 0.2) is 0 Å². The average Bonchev–Trinajstić information content (AvgIpc) is 2.54. The van der Waals surface area contributed by atoms with E-state index in [0.717, 1.165) is 54.9 Å². The maximum Gasteiger partial charge on any atom is 1.00 e. The first-order valence-corrected chi connectivity index (χ1v) is 10.4. The Morgan fingerprint density at radius 1 is 0.880 bits per heavy atom. The first-order chi connectivity index (χ1) is 11.5. The van der Waals surface area contributed by atoms with Crippen molar-refractivity contribution in [1.29, 1.82) is 0 Å². The van der Waals surface area contributed by atoms with E-state index in [0.29, 0.717) is 0 Å². The summed E-state index contributed by atoms with van der Waals surface area (Å²) in [6.07, 6.45) is 8.53. The Bertz CT molecular complexity index is 785. The summed E-state index contributed by atoms with van der Waals surface area (Å²) in [5.41, 5.74) is 2.27. The van der Waals surface area contributed by atoms with Crippen LogP contribution in [0.15, 0.2) is 35.2 Å². The van der Waals surface area contributed by atoms with Crippen LogP contribution in [0.2, 0.25) is 0 Å². The first kappa shape index (κ1) is 23.3. The number of benzene rings is 2. The van der Waals surface area contributed by atoms with E-state index in [4.69, 9.17) is 0 Å². The Balaban J connectivity index is 0.00000312. The molecule has 2 aromatic rings. The fourth-order valence-electron chi connectivity index (χ4n) is 3.25. The Labute approximate surface area is 194 Å². The molecular weight excluding hydrogens is 359 g/mol. The molecular formula is C20H27KO3S. The minimum Gasteiger partial charge on any atom is -0.744 e. The largest absolute Gasteiger partial charge is 1.00 e. The third kappa shape index (κ3) is 6.72. The maximum atomic E-state index is 11.5. The summed E-state index contributed by atoms with van der Waals surface area (Å²) < 4.78 is 34.5. The zero-order chi connectivity index (χ0) is 17.6. The molecule has 0 amide bonds. The van der Waals surface area contributed by atoms with Gasteiger partial charge in [-0.05, 0) is 59.7 Å². The van der Waals surface area contributed by atoms with Gasteiger partial charge in [-0.2, -0.15) is 0 Å². The van der Waals surface area contributed by atoms with Gasteiger partial charge in [0, 0.05) is 0 Å². The molecule has 0 heterocycles. The van der Waals surface area contributed by atoms with Gasteiger partial charge in [0.1, 0.15) is 10.1 Å². The van der Waals surface area contributed by atoms with Crippen LogP contribution in [0.5, 0.6) is 0 Å². The summed E-state index contributed by atoms with van der Waals surface area (Å²) in [4.78, 5) is -0.104. The molecule has 0 aromatic heterocycles. The third-order valence-electron chi connectivity index (χ3n) is 4.51. The van der Waals surface area contributed by atoms with E-state index in [2.05, 4.69) is 19.9 Å². The van der Waals surface area contributed by atoms with E-state index in [-0.39, 0.29) is 56.3 Å². The fourth-order valence-corrected chi connectivity index (χ4v) is 3.81. The van der Waals surface area contributed by atoms with E-state index >= 15 is 0 Å². The van der Waals surface area contributed by atoms with Crippen molar-refractivity contribution in [2.45, 2.75) is 70.1 Å². The Morgan fingerprint density at radius 2 is 1.48 bits per heavy atom. The molecule has 0 radical (unpaired) electrons. The van der Waals surface area contributed by atoms with Gasteiger partial charge in [-0.15, -0.1) is 0 Å². The molecule has 2 rings (SSSR count). The first-order valence-electron chi connectivity index (χ1n) is 8.97. The fraction of sp³-hybridized carbons (Fsp3) is 0.500. The molecule has 5 heteroatoms. The van der Waals surface area contributed by atoms with Gasteiger partial charge in [0.05, 0.1) is 4.90 Å². The summed E-state index contributed by atoms with van der Waals surface area (Å²) in [6.45, 7) is 4.33. The second kappa shape index (κ2) is 11.2. The quantitative estimate of drug-likeness (QED) is 0.377. The van der Waals surface area contributed by atoms with Gasteiger partial charge >= 0.3 is 51.4 Å². The molecule has 0 fully saturated rings. The van der Waals surface area contributed by atoms with Gasteiger partial charge in [0.2, 0.25) is 0 Å². The van der Waals surface area contributed by atoms with Crippen molar-refractivity contribution < 1.29 is 64.4 Å². The number of aryl methyl sites for hydroxylation is 2. The van der Waals surface area contributed by atoms with Gasteiger partial charge in [0.25, 0.3) is 0 Å². The number of rotatable bonds is 9. The Kier molecular flexibility index (Phi) is 10.4. The average molecular weight is 387 g/mol. The van der Waals surface area contributed by atoms with Crippen LogP contribution in [0.3, 0.4) is 0 Å². The van der Waals surface area contributed by atoms with Gasteiger partial charge in [-0.3, -0.25) is 0 Å². The Hall–Kier alpha value is 0.246. The van der Waals surface area contributed by atoms with Crippen molar-refractivity contribution in [2.75, 3.05) is 0 Å². The van der Waals surface area contributed by atoms with Gasteiger partial charge < -0.3 is 4.55 Å². The topological polar surface area (TPSA) is 57.2 Å². The maximum absolute atomic E-state index is 11.5. The zero-order valence-corrected chi connectivity index (χ0v) is 19.6. The predicted octanol–water partition coefficient (Wildman–Crippen LogP) is 2.21. The summed E-state index contributed by atoms with van der Waals surface area (Å²) in [6, 6.07) is 9.14. The SMILES string of the molecule is CCCCCc1cccc2cc(S(=O)(=O)[O-])cc(CCCCC)c12.[K+]. The molecule has 2 aromatic carbocycles. The molecule has 0 saturated heterocycles. The Morgan fingerprint density at radius 3 is 2.04 bits per heavy atom. The van der Waals surface area contributed by atoms with Crippen LogP contribution in [0.1, 0.15) is 63.5 Å². The van der Waals surface area contributed by atoms with E-state index in [9.17, 15) is 13.0 Å². The third-order valence-corrected chi connectivity index (χ3v) is 5.32. The van der Waals surface area contributed by atoms with Crippen LogP contribution in [0.25, 0.3) is 10.8 Å². The molecule has 0 aliphatic carbocycles. The summed E-state index contributed by atoms with van der Waals surface area (Å²) >= 11 is 0. The number of hydrogen-bond acceptors (Lipinski definition) is 3. The molecule has 3 nitrogen and oxygen atoms in total. The van der Waals surface area contributed by atoms with Gasteiger partial charge in [-0.1, -0.05) is 57.7 Å². The molecule has 0 atom stereocenters. The molecule has 132 valence electrons. The zero-order valence-electron chi connectivity index (χ0n) is 15.7. The molecule has 0 aliphatic heterocycles. The monoisotopic (exact) mass is 386 g/mol. The minimum atomic E-state index is -4.43. The van der Waals surface area contributed by atoms with Crippen molar-refractivity contribution in [3.63, 3.8) is 0 Å². The number of unbranched alkanes of at least 4 members (excludes halogenated alkanes) is 4. The van der Waals surface area contributed by atoms with Crippen molar-refractivity contribution in [1.82, 2.24) is 0 Å². The molecule has 0 bridgehead atoms. The van der Waals surface area contributed by atoms with Crippen molar-refractivity contribution in [3.8, 4) is 0 Å². The molecule has 25 heavy (non-hydrogen) atoms. The second-order valence-corrected chi connectivity index (χ2v) is 7.85. The van der Waals surface area contributed by atoms with Crippen molar-refractivity contribution >= 4 is 20.9 Å². The number of fused-ring (bicyclic) bond motifs is 1. The number of hydrogen-bond donors (Lipinski definition) is 0. The van der Waals surface area contributed by atoms with Crippen LogP contribution in [0.4, 0.5) is 0 Å². The van der Waals surface area contributed by atoms with Crippen LogP contribution < -0.4 is 51.4 Å². The summed E-state index contributed by atoms with van der Waals surface area (Å²) in [7, 11) is -4.43. The van der Waals surface area contributed by atoms with E-state index in [1.165, 1.54) is 24.5 Å². The van der Waals surface area contributed by atoms with E-state index in [1.807, 2.05) is 12.1 Å². The van der Waals surface area contributed by atoms with E-state index < -0.39 is 10.1 Å². The van der Waals surface area contributed by atoms with Crippen LogP contribution in [-0.4, -0.2) is 13.0 Å². The second-order valence-electron chi connectivity index (χ2n) is 6.47. The summed E-state index contributed by atoms with van der Waals surface area (Å²) in [5, 5.41) is 2.02. The van der Waals surface area contributed by atoms with Crippen LogP contribution in [0, 0.1) is 0 Å². The van der Waals surface area contributed by atoms with Crippen LogP contribution in [-0.2, 0) is 23.0 Å². The molecule has 0 aliphatic rings. The van der Waals surface area contributed by atoms with Crippen LogP contribution >= 0.6 is 0 Å². The minimum absolute atomic E-state index is 0. The van der Waals surface area contributed by atoms with Gasteiger partial charge in [-0.25, -0.2) is 8.42 Å². The molecule has 0 unspecified atom stereocenters. The normalized spacial score (nSPS) is 11.5. The van der Waals surface area contributed by atoms with Crippen molar-refractivity contribution in [3.05, 3.63) is 41.5 Å². The van der Waals surface area contributed by atoms with Crippen molar-refractivity contribution in [2.24, 2.45) is 0 Å². The predicted molar refractivity (Wildman–Crippen MR) is 98.4 cm³/mol. The molecule has 0 spiro atoms.